The number of nitrogens with zero attached hydrogens (tertiary/aromatic N) is 1. The van der Waals surface area contributed by atoms with E-state index in [4.69, 9.17) is 11.2 Å². The minimum Gasteiger partial charge on any atom is -0.480 e. The molecule has 2 amide bonds. The summed E-state index contributed by atoms with van der Waals surface area (Å²) in [5, 5.41) is 12.1. The van der Waals surface area contributed by atoms with Crippen LogP contribution in [-0.2, 0) is 9.53 Å². The van der Waals surface area contributed by atoms with Crippen molar-refractivity contribution >= 4 is 12.0 Å². The van der Waals surface area contributed by atoms with Crippen LogP contribution in [0.25, 0.3) is 0 Å². The summed E-state index contributed by atoms with van der Waals surface area (Å²) in [5.74, 6) is 1.95. The molecule has 2 N–H and O–H groups in total. The van der Waals surface area contributed by atoms with Crippen LogP contribution in [0.1, 0.15) is 25.7 Å². The highest BCUT2D eigenvalue weighted by molar-refractivity contribution is 5.86. The largest absolute Gasteiger partial charge is 0.480 e. The number of hydrogen-bond donors (Lipinski definition) is 2. The van der Waals surface area contributed by atoms with Crippen LogP contribution in [0, 0.1) is 18.3 Å². The Morgan fingerprint density at radius 1 is 1.40 bits per heavy atom. The monoisotopic (exact) mass is 280 g/mol. The number of ether oxygens (including phenoxy) is 1. The second-order valence-corrected chi connectivity index (χ2v) is 5.46. The highest BCUT2D eigenvalue weighted by atomic mass is 16.5. The fourth-order valence-electron chi connectivity index (χ4n) is 2.34. The third-order valence-corrected chi connectivity index (χ3v) is 3.85. The first-order chi connectivity index (χ1) is 9.57. The van der Waals surface area contributed by atoms with Crippen molar-refractivity contribution in [2.45, 2.75) is 31.2 Å². The number of urea groups is 1. The van der Waals surface area contributed by atoms with Crippen LogP contribution in [-0.4, -0.2) is 53.8 Å². The van der Waals surface area contributed by atoms with Crippen LogP contribution in [0.5, 0.6) is 0 Å². The van der Waals surface area contributed by atoms with Crippen LogP contribution in [0.3, 0.4) is 0 Å². The van der Waals surface area contributed by atoms with Gasteiger partial charge in [-0.1, -0.05) is 5.92 Å². The number of carboxylic acid groups (broad SMARTS) is 1. The molecule has 1 aliphatic heterocycles. The van der Waals surface area contributed by atoms with Gasteiger partial charge in [-0.3, -0.25) is 0 Å². The lowest BCUT2D eigenvalue weighted by atomic mass is 9.90. The molecule has 1 heterocycles. The molecule has 1 aliphatic carbocycles. The minimum atomic E-state index is -1.23. The van der Waals surface area contributed by atoms with Crippen LogP contribution in [0.15, 0.2) is 0 Å². The maximum Gasteiger partial charge on any atom is 0.329 e. The molecule has 6 nitrogen and oxygen atoms in total. The molecule has 0 unspecified atom stereocenters. The summed E-state index contributed by atoms with van der Waals surface area (Å²) in [4.78, 5) is 25.3. The first-order valence-electron chi connectivity index (χ1n) is 6.89. The van der Waals surface area contributed by atoms with Crippen molar-refractivity contribution in [1.29, 1.82) is 0 Å². The number of carboxylic acids is 1. The Morgan fingerprint density at radius 3 is 2.55 bits per heavy atom. The summed E-state index contributed by atoms with van der Waals surface area (Å²) < 4.78 is 5.18. The van der Waals surface area contributed by atoms with Gasteiger partial charge in [-0.2, -0.15) is 0 Å². The van der Waals surface area contributed by atoms with E-state index in [9.17, 15) is 14.7 Å². The van der Waals surface area contributed by atoms with E-state index in [1.54, 1.807) is 0 Å². The van der Waals surface area contributed by atoms with Crippen LogP contribution < -0.4 is 5.32 Å². The molecule has 2 aliphatic rings. The molecule has 2 rings (SSSR count). The van der Waals surface area contributed by atoms with E-state index in [1.807, 2.05) is 0 Å². The lowest BCUT2D eigenvalue weighted by Gasteiger charge is -2.35. The Morgan fingerprint density at radius 2 is 2.05 bits per heavy atom. The zero-order valence-electron chi connectivity index (χ0n) is 11.4. The smallest absolute Gasteiger partial charge is 0.329 e. The molecule has 110 valence electrons. The first kappa shape index (κ1) is 14.7. The SMILES string of the molecule is C#CCN(CC1CC1)C(=O)NC1(C(=O)O)CCOCC1. The number of carbonyl (C=O) groups is 2. The molecule has 0 bridgehead atoms. The predicted octanol–water partition coefficient (Wildman–Crippen LogP) is 0.675. The van der Waals surface area contributed by atoms with Gasteiger partial charge >= 0.3 is 12.0 Å². The van der Waals surface area contributed by atoms with Crippen molar-refractivity contribution < 1.29 is 19.4 Å². The number of rotatable bonds is 5. The Hall–Kier alpha value is -1.74. The number of aliphatic carboxylic acids is 1. The summed E-state index contributed by atoms with van der Waals surface area (Å²) in [6.45, 7) is 1.48. The quantitative estimate of drug-likeness (QED) is 0.726. The molecule has 20 heavy (non-hydrogen) atoms. The zero-order chi connectivity index (χ0) is 14.6. The number of amides is 2. The molecule has 0 radical (unpaired) electrons. The molecule has 0 spiro atoms. The topological polar surface area (TPSA) is 78.9 Å². The lowest BCUT2D eigenvalue weighted by molar-refractivity contribution is -0.148. The fraction of sp³-hybridized carbons (Fsp3) is 0.714. The molecular weight excluding hydrogens is 260 g/mol. The van der Waals surface area contributed by atoms with E-state index in [0.717, 1.165) is 12.8 Å². The van der Waals surface area contributed by atoms with E-state index in [2.05, 4.69) is 11.2 Å². The van der Waals surface area contributed by atoms with Crippen LogP contribution in [0.2, 0.25) is 0 Å². The fourth-order valence-corrected chi connectivity index (χ4v) is 2.34. The second kappa shape index (κ2) is 6.14. The van der Waals surface area contributed by atoms with Crippen molar-refractivity contribution in [2.75, 3.05) is 26.3 Å². The zero-order valence-corrected chi connectivity index (χ0v) is 11.4. The van der Waals surface area contributed by atoms with E-state index in [1.165, 1.54) is 4.90 Å². The Bertz CT molecular complexity index is 419. The van der Waals surface area contributed by atoms with E-state index in [0.29, 0.717) is 25.7 Å². The summed E-state index contributed by atoms with van der Waals surface area (Å²) in [6.07, 6.45) is 8.05. The van der Waals surface area contributed by atoms with Gasteiger partial charge in [0.25, 0.3) is 0 Å². The van der Waals surface area contributed by atoms with E-state index >= 15 is 0 Å². The van der Waals surface area contributed by atoms with Gasteiger partial charge in [-0.15, -0.1) is 6.42 Å². The highest BCUT2D eigenvalue weighted by Gasteiger charge is 2.42. The summed E-state index contributed by atoms with van der Waals surface area (Å²) >= 11 is 0. The normalized spacial score (nSPS) is 20.8. The third-order valence-electron chi connectivity index (χ3n) is 3.85. The molecule has 0 aromatic carbocycles. The lowest BCUT2D eigenvalue weighted by Crippen LogP contribution is -2.60. The molecular formula is C14H20N2O4. The van der Waals surface area contributed by atoms with Gasteiger partial charge in [-0.05, 0) is 18.8 Å². The van der Waals surface area contributed by atoms with Gasteiger partial charge in [-0.25, -0.2) is 9.59 Å². The number of terminal acetylenes is 1. The van der Waals surface area contributed by atoms with E-state index < -0.39 is 11.5 Å². The highest BCUT2D eigenvalue weighted by Crippen LogP contribution is 2.30. The number of carbonyl (C=O) groups excluding carboxylic acids is 1. The Labute approximate surface area is 118 Å². The molecule has 1 saturated carbocycles. The van der Waals surface area contributed by atoms with E-state index in [-0.39, 0.29) is 25.4 Å². The van der Waals surface area contributed by atoms with Crippen molar-refractivity contribution in [2.24, 2.45) is 5.92 Å². The maximum atomic E-state index is 12.3. The first-order valence-corrected chi connectivity index (χ1v) is 6.89. The number of nitrogens with one attached hydrogen (secondary N) is 1. The second-order valence-electron chi connectivity index (χ2n) is 5.46. The molecule has 6 heteroatoms. The minimum absolute atomic E-state index is 0.203. The molecule has 1 saturated heterocycles. The standard InChI is InChI=1S/C14H20N2O4/c1-2-7-16(10-11-3-4-11)13(19)15-14(12(17)18)5-8-20-9-6-14/h1,11H,3-10H2,(H,15,19)(H,17,18). The van der Waals surface area contributed by atoms with Crippen molar-refractivity contribution in [1.82, 2.24) is 10.2 Å². The Kier molecular flexibility index (Phi) is 4.50. The van der Waals surface area contributed by atoms with Gasteiger partial charge in [0.2, 0.25) is 0 Å². The summed E-state index contributed by atoms with van der Waals surface area (Å²) in [6, 6.07) is -0.390. The predicted molar refractivity (Wildman–Crippen MR) is 72.1 cm³/mol. The molecule has 0 aromatic heterocycles. The van der Waals surface area contributed by atoms with Gasteiger partial charge in [0, 0.05) is 32.6 Å². The average Bonchev–Trinajstić information content (AvgIpc) is 3.23. The van der Waals surface area contributed by atoms with Crippen LogP contribution in [0.4, 0.5) is 4.79 Å². The molecule has 0 atom stereocenters. The van der Waals surface area contributed by atoms with Gasteiger partial charge in [0.05, 0.1) is 6.54 Å². The van der Waals surface area contributed by atoms with Crippen molar-refractivity contribution in [3.8, 4) is 12.3 Å². The average molecular weight is 280 g/mol. The Balaban J connectivity index is 2.01. The van der Waals surface area contributed by atoms with Crippen molar-refractivity contribution in [3.63, 3.8) is 0 Å². The van der Waals surface area contributed by atoms with Crippen LogP contribution >= 0.6 is 0 Å². The van der Waals surface area contributed by atoms with Gasteiger partial charge < -0.3 is 20.1 Å². The molecule has 0 aromatic rings. The molecule has 2 fully saturated rings. The maximum absolute atomic E-state index is 12.3. The van der Waals surface area contributed by atoms with Crippen molar-refractivity contribution in [3.05, 3.63) is 0 Å². The van der Waals surface area contributed by atoms with Gasteiger partial charge in [0.1, 0.15) is 5.54 Å². The van der Waals surface area contributed by atoms with Gasteiger partial charge in [0.15, 0.2) is 0 Å². The third kappa shape index (κ3) is 3.42. The summed E-state index contributed by atoms with van der Waals surface area (Å²) in [7, 11) is 0. The summed E-state index contributed by atoms with van der Waals surface area (Å²) in [5.41, 5.74) is -1.23. The number of hydrogen-bond acceptors (Lipinski definition) is 3.